The lowest BCUT2D eigenvalue weighted by Crippen LogP contribution is -2.45. The molecule has 0 spiro atoms. The van der Waals surface area contributed by atoms with Crippen LogP contribution in [-0.4, -0.2) is 43.1 Å². The van der Waals surface area contributed by atoms with Gasteiger partial charge in [0.25, 0.3) is 5.91 Å². The zero-order valence-electron chi connectivity index (χ0n) is 13.3. The van der Waals surface area contributed by atoms with Crippen LogP contribution < -0.4 is 10.6 Å². The molecule has 1 aromatic carbocycles. The zero-order chi connectivity index (χ0) is 17.7. The van der Waals surface area contributed by atoms with Crippen LogP contribution >= 0.6 is 0 Å². The van der Waals surface area contributed by atoms with Gasteiger partial charge in [-0.15, -0.1) is 0 Å². The summed E-state index contributed by atoms with van der Waals surface area (Å²) < 4.78 is 9.61. The van der Waals surface area contributed by atoms with Gasteiger partial charge in [0.05, 0.1) is 18.2 Å². The fourth-order valence-corrected chi connectivity index (χ4v) is 1.89. The number of carbonyl (C=O) groups is 4. The quantitative estimate of drug-likeness (QED) is 0.777. The number of hydrogen-bond donors (Lipinski definition) is 2. The summed E-state index contributed by atoms with van der Waals surface area (Å²) in [6.45, 7) is 1.33. The Balaban J connectivity index is 1.96. The van der Waals surface area contributed by atoms with Crippen LogP contribution in [0.3, 0.4) is 0 Å². The first-order chi connectivity index (χ1) is 11.4. The monoisotopic (exact) mass is 334 g/mol. The summed E-state index contributed by atoms with van der Waals surface area (Å²) in [4.78, 5) is 47.2. The molecule has 8 heteroatoms. The summed E-state index contributed by atoms with van der Waals surface area (Å²) in [5.74, 6) is -2.30. The van der Waals surface area contributed by atoms with Crippen LogP contribution in [0.1, 0.15) is 40.5 Å². The van der Waals surface area contributed by atoms with Crippen molar-refractivity contribution in [3.05, 3.63) is 35.4 Å². The average Bonchev–Trinajstić information content (AvgIpc) is 3.37. The first-order valence-corrected chi connectivity index (χ1v) is 7.42. The van der Waals surface area contributed by atoms with Gasteiger partial charge in [-0.3, -0.25) is 10.1 Å². The summed E-state index contributed by atoms with van der Waals surface area (Å²) in [7, 11) is 1.19. The van der Waals surface area contributed by atoms with Gasteiger partial charge in [-0.2, -0.15) is 0 Å². The van der Waals surface area contributed by atoms with Crippen molar-refractivity contribution in [2.45, 2.75) is 31.9 Å². The standard InChI is InChI=1S/C16H18N2O6/c1-9(13(19)18-16(22)17-10-7-8-10)24-15(21)12-6-4-3-5-11(12)14(20)23-2/h3-6,9-10H,7-8H2,1-2H3,(H2,17,18,19,22). The molecule has 1 aliphatic carbocycles. The highest BCUT2D eigenvalue weighted by Crippen LogP contribution is 2.18. The van der Waals surface area contributed by atoms with Crippen LogP contribution in [0.2, 0.25) is 0 Å². The van der Waals surface area contributed by atoms with Crippen molar-refractivity contribution in [3.8, 4) is 0 Å². The second-order valence-electron chi connectivity index (χ2n) is 5.32. The summed E-state index contributed by atoms with van der Waals surface area (Å²) in [5.41, 5.74) is 0.00974. The van der Waals surface area contributed by atoms with Crippen LogP contribution in [0, 0.1) is 0 Å². The predicted octanol–water partition coefficient (Wildman–Crippen LogP) is 1.01. The van der Waals surface area contributed by atoms with Crippen molar-refractivity contribution in [2.24, 2.45) is 0 Å². The molecule has 8 nitrogen and oxygen atoms in total. The second-order valence-corrected chi connectivity index (χ2v) is 5.32. The molecule has 1 aliphatic rings. The first kappa shape index (κ1) is 17.5. The molecule has 2 rings (SSSR count). The van der Waals surface area contributed by atoms with Crippen LogP contribution in [0.4, 0.5) is 4.79 Å². The fourth-order valence-electron chi connectivity index (χ4n) is 1.89. The molecule has 2 N–H and O–H groups in total. The number of benzene rings is 1. The molecule has 0 saturated heterocycles. The lowest BCUT2D eigenvalue weighted by atomic mass is 10.1. The van der Waals surface area contributed by atoms with E-state index >= 15 is 0 Å². The van der Waals surface area contributed by atoms with Gasteiger partial charge in [0.15, 0.2) is 6.10 Å². The van der Waals surface area contributed by atoms with Crippen molar-refractivity contribution >= 4 is 23.9 Å². The number of carbonyl (C=O) groups excluding carboxylic acids is 4. The Morgan fingerprint density at radius 2 is 1.67 bits per heavy atom. The number of rotatable bonds is 5. The van der Waals surface area contributed by atoms with Gasteiger partial charge in [0.2, 0.25) is 0 Å². The second kappa shape index (κ2) is 7.58. The van der Waals surface area contributed by atoms with Crippen molar-refractivity contribution in [1.82, 2.24) is 10.6 Å². The third-order valence-electron chi connectivity index (χ3n) is 3.35. The number of ether oxygens (including phenoxy) is 2. The third kappa shape index (κ3) is 4.55. The normalized spacial score (nSPS) is 14.2. The number of hydrogen-bond acceptors (Lipinski definition) is 6. The maximum absolute atomic E-state index is 12.2. The van der Waals surface area contributed by atoms with Crippen molar-refractivity contribution < 1.29 is 28.7 Å². The van der Waals surface area contributed by atoms with Gasteiger partial charge in [-0.1, -0.05) is 12.1 Å². The number of urea groups is 1. The lowest BCUT2D eigenvalue weighted by molar-refractivity contribution is -0.127. The highest BCUT2D eigenvalue weighted by molar-refractivity contribution is 6.04. The third-order valence-corrected chi connectivity index (χ3v) is 3.35. The Labute approximate surface area is 138 Å². The van der Waals surface area contributed by atoms with Gasteiger partial charge in [-0.05, 0) is 31.9 Å². The summed E-state index contributed by atoms with van der Waals surface area (Å²) in [6, 6.07) is 5.40. The van der Waals surface area contributed by atoms with Gasteiger partial charge in [0, 0.05) is 6.04 Å². The summed E-state index contributed by atoms with van der Waals surface area (Å²) >= 11 is 0. The molecule has 1 atom stereocenters. The minimum Gasteiger partial charge on any atom is -0.465 e. The molecular formula is C16H18N2O6. The Bertz CT molecular complexity index is 668. The Morgan fingerprint density at radius 3 is 2.21 bits per heavy atom. The van der Waals surface area contributed by atoms with Gasteiger partial charge in [0.1, 0.15) is 0 Å². The molecule has 24 heavy (non-hydrogen) atoms. The SMILES string of the molecule is COC(=O)c1ccccc1C(=O)OC(C)C(=O)NC(=O)NC1CC1. The summed E-state index contributed by atoms with van der Waals surface area (Å²) in [5, 5.41) is 4.68. The van der Waals surface area contributed by atoms with Gasteiger partial charge < -0.3 is 14.8 Å². The maximum Gasteiger partial charge on any atom is 0.339 e. The van der Waals surface area contributed by atoms with Gasteiger partial charge >= 0.3 is 18.0 Å². The average molecular weight is 334 g/mol. The molecule has 3 amide bonds. The molecule has 0 heterocycles. The largest absolute Gasteiger partial charge is 0.465 e. The molecule has 0 bridgehead atoms. The van der Waals surface area contributed by atoms with Crippen molar-refractivity contribution in [1.29, 1.82) is 0 Å². The maximum atomic E-state index is 12.2. The van der Waals surface area contributed by atoms with E-state index in [2.05, 4.69) is 15.4 Å². The number of amides is 3. The molecule has 0 aromatic heterocycles. The van der Waals surface area contributed by atoms with E-state index in [0.717, 1.165) is 12.8 Å². The van der Waals surface area contributed by atoms with Crippen molar-refractivity contribution in [2.75, 3.05) is 7.11 Å². The molecule has 0 aliphatic heterocycles. The van der Waals surface area contributed by atoms with E-state index < -0.39 is 30.0 Å². The molecule has 0 radical (unpaired) electrons. The van der Waals surface area contributed by atoms with E-state index in [0.29, 0.717) is 0 Å². The predicted molar refractivity (Wildman–Crippen MR) is 82.4 cm³/mol. The fraction of sp³-hybridized carbons (Fsp3) is 0.375. The topological polar surface area (TPSA) is 111 Å². The van der Waals surface area contributed by atoms with Crippen LogP contribution in [0.5, 0.6) is 0 Å². The smallest absolute Gasteiger partial charge is 0.339 e. The zero-order valence-corrected chi connectivity index (χ0v) is 13.3. The van der Waals surface area contributed by atoms with Gasteiger partial charge in [-0.25, -0.2) is 14.4 Å². The molecule has 1 unspecified atom stereocenters. The van der Waals surface area contributed by atoms with Crippen molar-refractivity contribution in [3.63, 3.8) is 0 Å². The number of imide groups is 1. The van der Waals surface area contributed by atoms with E-state index in [9.17, 15) is 19.2 Å². The lowest BCUT2D eigenvalue weighted by Gasteiger charge is -2.14. The van der Waals surface area contributed by atoms with E-state index in [1.807, 2.05) is 0 Å². The number of methoxy groups -OCH3 is 1. The molecule has 1 fully saturated rings. The Morgan fingerprint density at radius 1 is 1.08 bits per heavy atom. The first-order valence-electron chi connectivity index (χ1n) is 7.42. The highest BCUT2D eigenvalue weighted by atomic mass is 16.5. The number of nitrogens with one attached hydrogen (secondary N) is 2. The molecule has 1 aromatic rings. The molecule has 1 saturated carbocycles. The Kier molecular flexibility index (Phi) is 5.51. The Hall–Kier alpha value is -2.90. The van der Waals surface area contributed by atoms with E-state index in [4.69, 9.17) is 4.74 Å². The highest BCUT2D eigenvalue weighted by Gasteiger charge is 2.27. The minimum absolute atomic E-state index is 0.0218. The van der Waals surface area contributed by atoms with Crippen LogP contribution in [0.25, 0.3) is 0 Å². The number of esters is 2. The van der Waals surface area contributed by atoms with E-state index in [1.165, 1.54) is 26.2 Å². The van der Waals surface area contributed by atoms with Crippen LogP contribution in [0.15, 0.2) is 24.3 Å². The molecular weight excluding hydrogens is 316 g/mol. The van der Waals surface area contributed by atoms with Crippen LogP contribution in [-0.2, 0) is 14.3 Å². The summed E-state index contributed by atoms with van der Waals surface area (Å²) in [6.07, 6.45) is 0.570. The minimum atomic E-state index is -1.20. The molecule has 128 valence electrons. The van der Waals surface area contributed by atoms with E-state index in [-0.39, 0.29) is 17.2 Å². The van der Waals surface area contributed by atoms with E-state index in [1.54, 1.807) is 12.1 Å².